The van der Waals surface area contributed by atoms with E-state index in [1.165, 1.54) is 0 Å². The molecule has 0 atom stereocenters. The van der Waals surface area contributed by atoms with Crippen LogP contribution in [0.5, 0.6) is 0 Å². The molecule has 0 N–H and O–H groups in total. The molecule has 0 fully saturated rings. The van der Waals surface area contributed by atoms with Crippen LogP contribution in [-0.4, -0.2) is 124 Å². The van der Waals surface area contributed by atoms with Crippen molar-refractivity contribution in [3.63, 3.8) is 0 Å². The number of hydrogen-bond donors (Lipinski definition) is 0. The lowest BCUT2D eigenvalue weighted by atomic mass is 9.86. The average molecular weight is 707 g/mol. The van der Waals surface area contributed by atoms with Crippen LogP contribution < -0.4 is 0 Å². The first-order valence-electron chi connectivity index (χ1n) is 10.8. The van der Waals surface area contributed by atoms with E-state index in [0.29, 0.717) is 0 Å². The summed E-state index contributed by atoms with van der Waals surface area (Å²) in [6.45, 7) is 0. The number of nitrogens with zero attached hydrogens (tertiary/aromatic N) is 3. The molecule has 0 rings (SSSR count). The van der Waals surface area contributed by atoms with E-state index in [0.717, 1.165) is 56.0 Å². The van der Waals surface area contributed by atoms with E-state index in [-0.39, 0.29) is 0 Å². The van der Waals surface area contributed by atoms with E-state index in [1.54, 1.807) is 0 Å². The second kappa shape index (κ2) is 11.2. The Balaban J connectivity index is 7.05. The Morgan fingerprint density at radius 1 is 0.349 bits per heavy atom. The van der Waals surface area contributed by atoms with Gasteiger partial charge in [-0.2, -0.15) is 92.2 Å². The lowest BCUT2D eigenvalue weighted by molar-refractivity contribution is -0.474. The van der Waals surface area contributed by atoms with E-state index in [4.69, 9.17) is 0 Å². The van der Waals surface area contributed by atoms with Crippen molar-refractivity contribution in [3.05, 3.63) is 0 Å². The smallest absolute Gasteiger partial charge is 0.305 e. The van der Waals surface area contributed by atoms with Gasteiger partial charge in [-0.25, -0.2) is 0 Å². The third-order valence-electron chi connectivity index (χ3n) is 6.50. The first kappa shape index (κ1) is 41.6. The molecule has 0 aromatic rings. The van der Waals surface area contributed by atoms with Crippen LogP contribution in [0.1, 0.15) is 6.42 Å². The van der Waals surface area contributed by atoms with Crippen molar-refractivity contribution in [2.24, 2.45) is 0 Å². The molecule has 0 heterocycles. The average Bonchev–Trinajstić information content (AvgIpc) is 2.76. The van der Waals surface area contributed by atoms with E-state index < -0.39 is 80.5 Å². The van der Waals surface area contributed by atoms with Crippen molar-refractivity contribution < 1.29 is 92.2 Å². The maximum atomic E-state index is 14.4. The van der Waals surface area contributed by atoms with Crippen molar-refractivity contribution in [2.75, 3.05) is 42.3 Å². The molecule has 0 radical (unpaired) electrons. The third kappa shape index (κ3) is 5.54. The normalized spacial score (nSPS) is 16.6. The first-order valence-corrected chi connectivity index (χ1v) is 12.8. The minimum atomic E-state index is -9.17. The number of alkyl halides is 21. The molecule has 0 saturated carbocycles. The summed E-state index contributed by atoms with van der Waals surface area (Å²) in [7, 11) is 3.04. The van der Waals surface area contributed by atoms with Crippen molar-refractivity contribution in [1.82, 2.24) is 13.7 Å². The van der Waals surface area contributed by atoms with Crippen LogP contribution in [0.25, 0.3) is 0 Å². The largest absolute Gasteiger partial charge is 0.460 e. The molecule has 0 aliphatic rings. The van der Waals surface area contributed by atoms with E-state index in [2.05, 4.69) is 0 Å². The van der Waals surface area contributed by atoms with Crippen molar-refractivity contribution in [2.45, 2.75) is 71.9 Å². The fourth-order valence-corrected chi connectivity index (χ4v) is 8.33. The van der Waals surface area contributed by atoms with Gasteiger partial charge in [0.25, 0.3) is 8.56 Å². The van der Waals surface area contributed by atoms with Crippen LogP contribution in [-0.2, 0) is 0 Å². The summed E-state index contributed by atoms with van der Waals surface area (Å²) in [6.07, 6.45) is -10.6. The Morgan fingerprint density at radius 3 is 0.767 bits per heavy atom. The molecule has 0 amide bonds. The molecule has 260 valence electrons. The van der Waals surface area contributed by atoms with Crippen LogP contribution >= 0.6 is 0 Å². The van der Waals surface area contributed by atoms with Gasteiger partial charge in [-0.05, 0) is 48.3 Å². The molecule has 43 heavy (non-hydrogen) atoms. The van der Waals surface area contributed by atoms with Gasteiger partial charge >= 0.3 is 59.5 Å². The second-order valence-corrected chi connectivity index (χ2v) is 14.5. The summed E-state index contributed by atoms with van der Waals surface area (Å²) in [5, 5.41) is 0. The maximum absolute atomic E-state index is 14.4. The van der Waals surface area contributed by atoms with Crippen molar-refractivity contribution in [3.8, 4) is 0 Å². The minimum Gasteiger partial charge on any atom is -0.305 e. The van der Waals surface area contributed by atoms with Crippen molar-refractivity contribution >= 4 is 8.56 Å². The summed E-state index contributed by atoms with van der Waals surface area (Å²) in [5.74, 6) is -76.7. The zero-order chi connectivity index (χ0) is 35.6. The van der Waals surface area contributed by atoms with Crippen LogP contribution in [0.2, 0.25) is 6.04 Å². The summed E-state index contributed by atoms with van der Waals surface area (Å²) in [4.78, 5) is 0. The molecule has 0 aromatic carbocycles. The Bertz CT molecular complexity index is 951. The van der Waals surface area contributed by atoms with Gasteiger partial charge in [0.15, 0.2) is 0 Å². The van der Waals surface area contributed by atoms with Gasteiger partial charge in [0.05, 0.1) is 0 Å². The Labute approximate surface area is 229 Å². The van der Waals surface area contributed by atoms with Gasteiger partial charge < -0.3 is 13.7 Å². The standard InChI is InChI=1S/C18H22F21N3Si/c1-40(2)43(41(3)4,42(5)6)8-7-9(19,20)10(21,22)11(23,24)12(25,26)13(27,28)14(29,30)15(31,32)16(33,34)17(35,36)18(37,38)39/h7-8H2,1-6H3. The van der Waals surface area contributed by atoms with Crippen LogP contribution in [0.3, 0.4) is 0 Å². The minimum absolute atomic E-state index is 1.10. The molecular weight excluding hydrogens is 685 g/mol. The Hall–Kier alpha value is -1.37. The molecule has 0 spiro atoms. The molecule has 0 bridgehead atoms. The van der Waals surface area contributed by atoms with Gasteiger partial charge in [-0.3, -0.25) is 0 Å². The van der Waals surface area contributed by atoms with Crippen LogP contribution in [0.15, 0.2) is 0 Å². The second-order valence-electron chi connectivity index (χ2n) is 9.75. The fraction of sp³-hybridized carbons (Fsp3) is 1.00. The monoisotopic (exact) mass is 707 g/mol. The molecule has 0 aliphatic carbocycles. The molecule has 25 heteroatoms. The molecule has 0 aliphatic heterocycles. The zero-order valence-electron chi connectivity index (χ0n) is 22.2. The molecule has 0 saturated heterocycles. The Morgan fingerprint density at radius 2 is 0.558 bits per heavy atom. The van der Waals surface area contributed by atoms with Crippen LogP contribution in [0, 0.1) is 0 Å². The third-order valence-corrected chi connectivity index (χ3v) is 11.7. The number of rotatable bonds is 14. The highest BCUT2D eigenvalue weighted by Gasteiger charge is 2.97. The predicted molar refractivity (Wildman–Crippen MR) is 107 cm³/mol. The van der Waals surface area contributed by atoms with Crippen molar-refractivity contribution in [1.29, 1.82) is 0 Å². The zero-order valence-corrected chi connectivity index (χ0v) is 23.2. The lowest BCUT2D eigenvalue weighted by Crippen LogP contribution is -2.77. The van der Waals surface area contributed by atoms with E-state index >= 15 is 0 Å². The highest BCUT2D eigenvalue weighted by molar-refractivity contribution is 6.71. The molecule has 0 aromatic heterocycles. The highest BCUT2D eigenvalue weighted by atomic mass is 28.4. The number of hydrogen-bond acceptors (Lipinski definition) is 3. The Kier molecular flexibility index (Phi) is 10.8. The van der Waals surface area contributed by atoms with Gasteiger partial charge in [-0.15, -0.1) is 0 Å². The SMILES string of the molecule is CN(C)[Si](CCC(F)(F)C(F)(F)C(F)(F)C(F)(F)C(F)(F)C(F)(F)C(F)(F)C(F)(F)C(F)(F)C(F)(F)F)(N(C)C)N(C)C. The van der Waals surface area contributed by atoms with E-state index in [9.17, 15) is 92.2 Å². The van der Waals surface area contributed by atoms with Crippen LogP contribution in [0.4, 0.5) is 92.2 Å². The van der Waals surface area contributed by atoms with E-state index in [1.807, 2.05) is 0 Å². The number of halogens is 21. The highest BCUT2D eigenvalue weighted by Crippen LogP contribution is 2.66. The van der Waals surface area contributed by atoms with Gasteiger partial charge in [0.2, 0.25) is 0 Å². The fourth-order valence-electron chi connectivity index (χ4n) is 3.94. The summed E-state index contributed by atoms with van der Waals surface area (Å²) >= 11 is 0. The summed E-state index contributed by atoms with van der Waals surface area (Å²) < 4.78 is 288. The topological polar surface area (TPSA) is 9.72 Å². The maximum Gasteiger partial charge on any atom is 0.460 e. The molecular formula is C18H22F21N3Si. The quantitative estimate of drug-likeness (QED) is 0.139. The first-order chi connectivity index (χ1) is 18.3. The predicted octanol–water partition coefficient (Wildman–Crippen LogP) is 7.28. The lowest BCUT2D eigenvalue weighted by Gasteiger charge is -2.48. The van der Waals surface area contributed by atoms with Gasteiger partial charge in [-0.1, -0.05) is 0 Å². The van der Waals surface area contributed by atoms with Gasteiger partial charge in [0, 0.05) is 6.42 Å². The summed E-state index contributed by atoms with van der Waals surface area (Å²) in [6, 6.07) is -1.34. The molecule has 0 unspecified atom stereocenters. The van der Waals surface area contributed by atoms with Gasteiger partial charge in [0.1, 0.15) is 0 Å². The molecule has 3 nitrogen and oxygen atoms in total. The summed E-state index contributed by atoms with van der Waals surface area (Å²) in [5.41, 5.74) is 0.